The maximum atomic E-state index is 12.0. The number of carbonyl (C=O) groups is 1. The number of hydrogen-bond acceptors (Lipinski definition) is 3. The fraction of sp³-hybridized carbons (Fsp3) is 0.316. The van der Waals surface area contributed by atoms with Crippen molar-refractivity contribution in [1.82, 2.24) is 10.2 Å². The number of ether oxygens (including phenoxy) is 1. The van der Waals surface area contributed by atoms with E-state index in [1.807, 2.05) is 54.4 Å². The van der Waals surface area contributed by atoms with Gasteiger partial charge in [0.15, 0.2) is 0 Å². The molecule has 2 aromatic rings. The number of nitrogens with zero attached hydrogens (tertiary/aromatic N) is 1. The summed E-state index contributed by atoms with van der Waals surface area (Å²) in [4.78, 5) is 14.0. The average molecular weight is 391 g/mol. The normalized spacial score (nSPS) is 10.7. The van der Waals surface area contributed by atoms with Crippen LogP contribution >= 0.6 is 15.9 Å². The van der Waals surface area contributed by atoms with Crippen molar-refractivity contribution in [3.05, 3.63) is 64.1 Å². The summed E-state index contributed by atoms with van der Waals surface area (Å²) in [5.41, 5.74) is 2.35. The molecule has 1 N–H and O–H groups in total. The van der Waals surface area contributed by atoms with Crippen LogP contribution in [0.15, 0.2) is 53.0 Å². The summed E-state index contributed by atoms with van der Waals surface area (Å²) in [6.45, 7) is 1.74. The highest BCUT2D eigenvalue weighted by molar-refractivity contribution is 9.10. The smallest absolute Gasteiger partial charge is 0.234 e. The van der Waals surface area contributed by atoms with E-state index in [9.17, 15) is 4.79 Å². The third-order valence-electron chi connectivity index (χ3n) is 3.71. The van der Waals surface area contributed by atoms with Gasteiger partial charge in [0, 0.05) is 17.6 Å². The summed E-state index contributed by atoms with van der Waals surface area (Å²) in [6, 6.07) is 16.0. The van der Waals surface area contributed by atoms with Crippen LogP contribution in [0.4, 0.5) is 0 Å². The maximum absolute atomic E-state index is 12.0. The lowest BCUT2D eigenvalue weighted by molar-refractivity contribution is -0.122. The minimum Gasteiger partial charge on any atom is -0.497 e. The molecule has 0 aromatic heterocycles. The molecule has 0 atom stereocenters. The van der Waals surface area contributed by atoms with Crippen molar-refractivity contribution in [3.63, 3.8) is 0 Å². The quantitative estimate of drug-likeness (QED) is 0.751. The van der Waals surface area contributed by atoms with Crippen molar-refractivity contribution in [3.8, 4) is 5.75 Å². The van der Waals surface area contributed by atoms with Gasteiger partial charge in [-0.15, -0.1) is 0 Å². The van der Waals surface area contributed by atoms with Gasteiger partial charge < -0.3 is 10.1 Å². The van der Waals surface area contributed by atoms with Crippen molar-refractivity contribution in [2.75, 3.05) is 27.2 Å². The van der Waals surface area contributed by atoms with Crippen molar-refractivity contribution < 1.29 is 9.53 Å². The largest absolute Gasteiger partial charge is 0.497 e. The number of halogens is 1. The van der Waals surface area contributed by atoms with Gasteiger partial charge in [0.05, 0.1) is 13.7 Å². The Morgan fingerprint density at radius 3 is 2.54 bits per heavy atom. The summed E-state index contributed by atoms with van der Waals surface area (Å²) in [5.74, 6) is 0.884. The van der Waals surface area contributed by atoms with Gasteiger partial charge in [-0.3, -0.25) is 9.69 Å². The van der Waals surface area contributed by atoms with Crippen LogP contribution in [0.1, 0.15) is 11.1 Å². The number of benzene rings is 2. The monoisotopic (exact) mass is 390 g/mol. The molecule has 0 heterocycles. The Kier molecular flexibility index (Phi) is 7.28. The molecular weight excluding hydrogens is 368 g/mol. The third-order valence-corrected chi connectivity index (χ3v) is 4.48. The zero-order valence-electron chi connectivity index (χ0n) is 14.1. The van der Waals surface area contributed by atoms with Gasteiger partial charge in [0.25, 0.3) is 0 Å². The zero-order chi connectivity index (χ0) is 17.4. The molecule has 4 nitrogen and oxygen atoms in total. The van der Waals surface area contributed by atoms with Crippen LogP contribution in [0.2, 0.25) is 0 Å². The molecule has 0 aliphatic rings. The lowest BCUT2D eigenvalue weighted by Gasteiger charge is -2.17. The van der Waals surface area contributed by atoms with Crippen molar-refractivity contribution in [2.45, 2.75) is 13.0 Å². The lowest BCUT2D eigenvalue weighted by Crippen LogP contribution is -2.35. The molecule has 0 saturated heterocycles. The standard InChI is InChI=1S/C19H23BrN2O2/c1-22(13-16-5-3-4-6-18(16)20)14-19(23)21-12-11-15-7-9-17(24-2)10-8-15/h3-10H,11-14H2,1-2H3,(H,21,23). The molecular formula is C19H23BrN2O2. The summed E-state index contributed by atoms with van der Waals surface area (Å²) >= 11 is 3.53. The van der Waals surface area contributed by atoms with E-state index in [-0.39, 0.29) is 5.91 Å². The van der Waals surface area contributed by atoms with Crippen LogP contribution in [0, 0.1) is 0 Å². The Balaban J connectivity index is 1.71. The van der Waals surface area contributed by atoms with E-state index in [2.05, 4.69) is 27.3 Å². The van der Waals surface area contributed by atoms with E-state index < -0.39 is 0 Å². The molecule has 24 heavy (non-hydrogen) atoms. The van der Waals surface area contributed by atoms with Crippen molar-refractivity contribution >= 4 is 21.8 Å². The average Bonchev–Trinajstić information content (AvgIpc) is 2.57. The molecule has 5 heteroatoms. The molecule has 0 bridgehead atoms. The second-order valence-electron chi connectivity index (χ2n) is 5.71. The number of rotatable bonds is 8. The lowest BCUT2D eigenvalue weighted by atomic mass is 10.1. The minimum atomic E-state index is 0.0399. The van der Waals surface area contributed by atoms with E-state index >= 15 is 0 Å². The van der Waals surface area contributed by atoms with Crippen LogP contribution in [0.3, 0.4) is 0 Å². The van der Waals surface area contributed by atoms with Gasteiger partial charge in [-0.2, -0.15) is 0 Å². The second-order valence-corrected chi connectivity index (χ2v) is 6.57. The molecule has 2 aromatic carbocycles. The minimum absolute atomic E-state index is 0.0399. The number of likely N-dealkylation sites (N-methyl/N-ethyl adjacent to an activating group) is 1. The first-order chi connectivity index (χ1) is 11.6. The highest BCUT2D eigenvalue weighted by atomic mass is 79.9. The van der Waals surface area contributed by atoms with Crippen LogP contribution in [-0.4, -0.2) is 38.1 Å². The number of methoxy groups -OCH3 is 1. The Hall–Kier alpha value is -1.85. The summed E-state index contributed by atoms with van der Waals surface area (Å²) < 4.78 is 6.20. The number of hydrogen-bond donors (Lipinski definition) is 1. The van der Waals surface area contributed by atoms with E-state index in [1.165, 1.54) is 11.1 Å². The third kappa shape index (κ3) is 5.98. The molecule has 0 unspecified atom stereocenters. The van der Waals surface area contributed by atoms with E-state index in [0.717, 1.165) is 23.2 Å². The zero-order valence-corrected chi connectivity index (χ0v) is 15.7. The topological polar surface area (TPSA) is 41.6 Å². The summed E-state index contributed by atoms with van der Waals surface area (Å²) in [5, 5.41) is 2.97. The predicted molar refractivity (Wildman–Crippen MR) is 100 cm³/mol. The van der Waals surface area contributed by atoms with Gasteiger partial charge in [0.2, 0.25) is 5.91 Å². The van der Waals surface area contributed by atoms with Crippen molar-refractivity contribution in [1.29, 1.82) is 0 Å². The molecule has 128 valence electrons. The molecule has 0 fully saturated rings. The Bertz CT molecular complexity index is 659. The SMILES string of the molecule is COc1ccc(CCNC(=O)CN(C)Cc2ccccc2Br)cc1. The predicted octanol–water partition coefficient (Wildman–Crippen LogP) is 3.25. The molecule has 0 radical (unpaired) electrons. The van der Waals surface area contributed by atoms with E-state index in [4.69, 9.17) is 4.74 Å². The van der Waals surface area contributed by atoms with Crippen LogP contribution < -0.4 is 10.1 Å². The number of nitrogens with one attached hydrogen (secondary N) is 1. The Labute approximate surface area is 151 Å². The maximum Gasteiger partial charge on any atom is 0.234 e. The van der Waals surface area contributed by atoms with Crippen molar-refractivity contribution in [2.24, 2.45) is 0 Å². The Morgan fingerprint density at radius 1 is 1.17 bits per heavy atom. The van der Waals surface area contributed by atoms with Crippen LogP contribution in [-0.2, 0) is 17.8 Å². The van der Waals surface area contributed by atoms with Gasteiger partial charge in [0.1, 0.15) is 5.75 Å². The van der Waals surface area contributed by atoms with E-state index in [1.54, 1.807) is 7.11 Å². The molecule has 0 aliphatic carbocycles. The van der Waals surface area contributed by atoms with Crippen LogP contribution in [0.5, 0.6) is 5.75 Å². The molecule has 0 spiro atoms. The highest BCUT2D eigenvalue weighted by Crippen LogP contribution is 2.17. The second kappa shape index (κ2) is 9.45. The van der Waals surface area contributed by atoms with Gasteiger partial charge in [-0.25, -0.2) is 0 Å². The highest BCUT2D eigenvalue weighted by Gasteiger charge is 2.08. The number of carbonyl (C=O) groups excluding carboxylic acids is 1. The molecule has 2 rings (SSSR count). The fourth-order valence-corrected chi connectivity index (χ4v) is 2.82. The molecule has 0 saturated carbocycles. The first-order valence-corrected chi connectivity index (χ1v) is 8.69. The van der Waals surface area contributed by atoms with E-state index in [0.29, 0.717) is 13.1 Å². The van der Waals surface area contributed by atoms with Gasteiger partial charge in [-0.05, 0) is 42.8 Å². The Morgan fingerprint density at radius 2 is 1.88 bits per heavy atom. The summed E-state index contributed by atoms with van der Waals surface area (Å²) in [6.07, 6.45) is 0.809. The summed E-state index contributed by atoms with van der Waals surface area (Å²) in [7, 11) is 3.60. The first kappa shape index (κ1) is 18.5. The fourth-order valence-electron chi connectivity index (χ4n) is 2.41. The van der Waals surface area contributed by atoms with Crippen LogP contribution in [0.25, 0.3) is 0 Å². The number of amides is 1. The first-order valence-electron chi connectivity index (χ1n) is 7.90. The van der Waals surface area contributed by atoms with Gasteiger partial charge >= 0.3 is 0 Å². The molecule has 1 amide bonds. The molecule has 0 aliphatic heterocycles. The van der Waals surface area contributed by atoms with Gasteiger partial charge in [-0.1, -0.05) is 46.3 Å².